The molecule has 21 heavy (non-hydrogen) atoms. The fourth-order valence-corrected chi connectivity index (χ4v) is 3.54. The highest BCUT2D eigenvalue weighted by atomic mass is 79.9. The van der Waals surface area contributed by atoms with Crippen molar-refractivity contribution in [3.8, 4) is 10.6 Å². The molecule has 2 aromatic rings. The van der Waals surface area contributed by atoms with Crippen LogP contribution < -0.4 is 4.90 Å². The number of hydrogen-bond donors (Lipinski definition) is 0. The predicted octanol–water partition coefficient (Wildman–Crippen LogP) is 4.59. The predicted molar refractivity (Wildman–Crippen MR) is 79.5 cm³/mol. The maximum Gasteiger partial charge on any atom is 0.419 e. The zero-order valence-corrected chi connectivity index (χ0v) is 13.2. The molecule has 0 atom stereocenters. The van der Waals surface area contributed by atoms with Crippen LogP contribution in [-0.4, -0.2) is 23.1 Å². The Hall–Kier alpha value is -1.15. The summed E-state index contributed by atoms with van der Waals surface area (Å²) in [4.78, 5) is 9.86. The van der Waals surface area contributed by atoms with Gasteiger partial charge in [-0.25, -0.2) is 9.97 Å². The number of pyridine rings is 1. The third-order valence-electron chi connectivity index (χ3n) is 3.30. The maximum absolute atomic E-state index is 13.3. The standard InChI is InChI=1S/C13H11BrF3N3S/c14-10-7-19-12(21-10)8-5-9(13(15,16)17)11(18-6-8)20-3-1-2-4-20/h5-7H,1-4H2. The molecule has 8 heteroatoms. The fourth-order valence-electron chi connectivity index (χ4n) is 2.35. The van der Waals surface area contributed by atoms with Crippen LogP contribution in [0, 0.1) is 0 Å². The Labute approximate surface area is 132 Å². The minimum atomic E-state index is -4.42. The second-order valence-corrected chi connectivity index (χ2v) is 7.17. The maximum atomic E-state index is 13.3. The molecule has 1 aliphatic rings. The molecule has 0 saturated carbocycles. The van der Waals surface area contributed by atoms with E-state index in [4.69, 9.17) is 0 Å². The topological polar surface area (TPSA) is 29.0 Å². The van der Waals surface area contributed by atoms with Gasteiger partial charge in [-0.1, -0.05) is 0 Å². The third kappa shape index (κ3) is 3.06. The highest BCUT2D eigenvalue weighted by Gasteiger charge is 2.37. The quantitative estimate of drug-likeness (QED) is 0.766. The second kappa shape index (κ2) is 5.57. The normalized spacial score (nSPS) is 15.7. The van der Waals surface area contributed by atoms with Crippen molar-refractivity contribution in [2.24, 2.45) is 0 Å². The van der Waals surface area contributed by atoms with E-state index < -0.39 is 11.7 Å². The SMILES string of the molecule is FC(F)(F)c1cc(-c2ncc(Br)s2)cnc1N1CCCC1. The highest BCUT2D eigenvalue weighted by molar-refractivity contribution is 9.11. The first-order chi connectivity index (χ1) is 9.95. The zero-order chi connectivity index (χ0) is 15.0. The summed E-state index contributed by atoms with van der Waals surface area (Å²) in [5.74, 6) is 0.0272. The Morgan fingerprint density at radius 1 is 1.14 bits per heavy atom. The van der Waals surface area contributed by atoms with Gasteiger partial charge in [-0.05, 0) is 34.8 Å². The molecule has 0 aliphatic carbocycles. The molecule has 1 fully saturated rings. The number of alkyl halides is 3. The zero-order valence-electron chi connectivity index (χ0n) is 10.8. The number of thiazole rings is 1. The van der Waals surface area contributed by atoms with Crippen LogP contribution in [-0.2, 0) is 6.18 Å². The molecule has 3 rings (SSSR count). The molecule has 3 heterocycles. The summed E-state index contributed by atoms with van der Waals surface area (Å²) in [6, 6.07) is 1.14. The largest absolute Gasteiger partial charge is 0.419 e. The molecular weight excluding hydrogens is 367 g/mol. The van der Waals surface area contributed by atoms with Crippen molar-refractivity contribution in [2.75, 3.05) is 18.0 Å². The van der Waals surface area contributed by atoms with Crippen LogP contribution in [0.15, 0.2) is 22.2 Å². The fraction of sp³-hybridized carbons (Fsp3) is 0.385. The summed E-state index contributed by atoms with van der Waals surface area (Å²) in [5.41, 5.74) is -0.297. The average molecular weight is 378 g/mol. The lowest BCUT2D eigenvalue weighted by molar-refractivity contribution is -0.137. The molecule has 1 saturated heterocycles. The van der Waals surface area contributed by atoms with E-state index in [0.717, 1.165) is 22.7 Å². The van der Waals surface area contributed by atoms with Crippen LogP contribution in [0.5, 0.6) is 0 Å². The Morgan fingerprint density at radius 2 is 1.86 bits per heavy atom. The van der Waals surface area contributed by atoms with Crippen molar-refractivity contribution in [1.29, 1.82) is 0 Å². The van der Waals surface area contributed by atoms with Gasteiger partial charge in [-0.2, -0.15) is 13.2 Å². The number of anilines is 1. The second-order valence-electron chi connectivity index (χ2n) is 4.76. The van der Waals surface area contributed by atoms with Gasteiger partial charge in [0.25, 0.3) is 0 Å². The van der Waals surface area contributed by atoms with Gasteiger partial charge in [0, 0.05) is 24.8 Å². The molecular formula is C13H11BrF3N3S. The molecule has 0 amide bonds. The van der Waals surface area contributed by atoms with E-state index in [1.54, 1.807) is 11.1 Å². The van der Waals surface area contributed by atoms with Crippen LogP contribution in [0.3, 0.4) is 0 Å². The van der Waals surface area contributed by atoms with Crippen LogP contribution in [0.25, 0.3) is 10.6 Å². The van der Waals surface area contributed by atoms with Crippen molar-refractivity contribution >= 4 is 33.1 Å². The van der Waals surface area contributed by atoms with E-state index in [9.17, 15) is 13.2 Å². The molecule has 0 unspecified atom stereocenters. The molecule has 0 aromatic carbocycles. The number of nitrogens with zero attached hydrogens (tertiary/aromatic N) is 3. The van der Waals surface area contributed by atoms with Gasteiger partial charge in [0.2, 0.25) is 0 Å². The lowest BCUT2D eigenvalue weighted by Gasteiger charge is -2.21. The summed E-state index contributed by atoms with van der Waals surface area (Å²) in [6.45, 7) is 1.25. The van der Waals surface area contributed by atoms with E-state index in [1.165, 1.54) is 17.5 Å². The van der Waals surface area contributed by atoms with Crippen molar-refractivity contribution < 1.29 is 13.2 Å². The van der Waals surface area contributed by atoms with Crippen LogP contribution in [0.2, 0.25) is 0 Å². The first-order valence-corrected chi connectivity index (χ1v) is 8.00. The summed E-state index contributed by atoms with van der Waals surface area (Å²) in [7, 11) is 0. The van der Waals surface area contributed by atoms with Crippen LogP contribution in [0.4, 0.5) is 19.0 Å². The smallest absolute Gasteiger partial charge is 0.356 e. The van der Waals surface area contributed by atoms with Gasteiger partial charge >= 0.3 is 6.18 Å². The van der Waals surface area contributed by atoms with Crippen molar-refractivity contribution in [2.45, 2.75) is 19.0 Å². The first kappa shape index (κ1) is 14.8. The monoisotopic (exact) mass is 377 g/mol. The van der Waals surface area contributed by atoms with Gasteiger partial charge in [-0.15, -0.1) is 11.3 Å². The summed E-state index contributed by atoms with van der Waals surface area (Å²) >= 11 is 4.54. The van der Waals surface area contributed by atoms with Crippen molar-refractivity contribution in [3.63, 3.8) is 0 Å². The molecule has 112 valence electrons. The molecule has 0 spiro atoms. The summed E-state index contributed by atoms with van der Waals surface area (Å²) in [6.07, 6.45) is 0.422. The van der Waals surface area contributed by atoms with Gasteiger partial charge in [0.05, 0.1) is 15.5 Å². The molecule has 0 bridgehead atoms. The number of rotatable bonds is 2. The number of hydrogen-bond acceptors (Lipinski definition) is 4. The van der Waals surface area contributed by atoms with E-state index in [-0.39, 0.29) is 5.82 Å². The third-order valence-corrected chi connectivity index (χ3v) is 4.83. The Balaban J connectivity index is 2.06. The average Bonchev–Trinajstić information content (AvgIpc) is 3.08. The van der Waals surface area contributed by atoms with Crippen LogP contribution in [0.1, 0.15) is 18.4 Å². The van der Waals surface area contributed by atoms with Gasteiger partial charge < -0.3 is 4.90 Å². The lowest BCUT2D eigenvalue weighted by Crippen LogP contribution is -2.23. The van der Waals surface area contributed by atoms with E-state index >= 15 is 0 Å². The van der Waals surface area contributed by atoms with E-state index in [2.05, 4.69) is 25.9 Å². The molecule has 2 aromatic heterocycles. The van der Waals surface area contributed by atoms with Gasteiger partial charge in [-0.3, -0.25) is 0 Å². The van der Waals surface area contributed by atoms with E-state index in [0.29, 0.717) is 23.7 Å². The highest BCUT2D eigenvalue weighted by Crippen LogP contribution is 2.39. The Morgan fingerprint density at radius 3 is 2.43 bits per heavy atom. The minimum Gasteiger partial charge on any atom is -0.356 e. The molecule has 3 nitrogen and oxygen atoms in total. The molecule has 0 radical (unpaired) electrons. The van der Waals surface area contributed by atoms with E-state index in [1.807, 2.05) is 0 Å². The van der Waals surface area contributed by atoms with Crippen molar-refractivity contribution in [3.05, 3.63) is 27.8 Å². The first-order valence-electron chi connectivity index (χ1n) is 6.39. The summed E-state index contributed by atoms with van der Waals surface area (Å²) < 4.78 is 40.7. The van der Waals surface area contributed by atoms with Gasteiger partial charge in [0.1, 0.15) is 10.8 Å². The van der Waals surface area contributed by atoms with Crippen molar-refractivity contribution in [1.82, 2.24) is 9.97 Å². The van der Waals surface area contributed by atoms with Gasteiger partial charge in [0.15, 0.2) is 0 Å². The summed E-state index contributed by atoms with van der Waals surface area (Å²) in [5, 5.41) is 0.521. The Bertz CT molecular complexity index is 650. The number of aromatic nitrogens is 2. The molecule has 1 aliphatic heterocycles. The lowest BCUT2D eigenvalue weighted by atomic mass is 10.1. The minimum absolute atomic E-state index is 0.0272. The van der Waals surface area contributed by atoms with Crippen LogP contribution >= 0.6 is 27.3 Å². The molecule has 0 N–H and O–H groups in total. The Kier molecular flexibility index (Phi) is 3.92. The number of halogens is 4.